The lowest BCUT2D eigenvalue weighted by molar-refractivity contribution is -0.137. The first kappa shape index (κ1) is 15.9. The van der Waals surface area contributed by atoms with Crippen LogP contribution in [-0.4, -0.2) is 41.9 Å². The minimum atomic E-state index is -2.93. The maximum Gasteiger partial charge on any atom is 0.410 e. The van der Waals surface area contributed by atoms with Gasteiger partial charge in [0.2, 0.25) is 5.78 Å². The summed E-state index contributed by atoms with van der Waals surface area (Å²) in [6.45, 7) is 7.56. The molecule has 0 N–H and O–H groups in total. The Morgan fingerprint density at radius 2 is 1.89 bits per heavy atom. The molecule has 1 saturated heterocycles. The minimum Gasteiger partial charge on any atom is -0.444 e. The molecule has 2 unspecified atom stereocenters. The minimum absolute atomic E-state index is 0.267. The van der Waals surface area contributed by atoms with Gasteiger partial charge in [0.05, 0.1) is 0 Å². The van der Waals surface area contributed by atoms with E-state index in [0.717, 1.165) is 0 Å². The van der Waals surface area contributed by atoms with Gasteiger partial charge in [0.25, 0.3) is 6.43 Å². The van der Waals surface area contributed by atoms with Crippen LogP contribution in [0.4, 0.5) is 13.6 Å². The van der Waals surface area contributed by atoms with Gasteiger partial charge in [-0.1, -0.05) is 6.92 Å². The Morgan fingerprint density at radius 3 is 2.32 bits per heavy atom. The van der Waals surface area contributed by atoms with Gasteiger partial charge in [0, 0.05) is 19.0 Å². The number of carbonyl (C=O) groups is 2. The molecule has 110 valence electrons. The number of piperidine rings is 1. The van der Waals surface area contributed by atoms with Crippen molar-refractivity contribution in [3.05, 3.63) is 0 Å². The predicted octanol–water partition coefficient (Wildman–Crippen LogP) is 2.71. The van der Waals surface area contributed by atoms with E-state index in [1.165, 1.54) is 4.90 Å². The molecular formula is C13H21F2NO3. The molecule has 6 heteroatoms. The molecule has 1 amide bonds. The molecule has 2 atom stereocenters. The standard InChI is InChI=1S/C13H21F2NO3/c1-8-7-16(12(18)19-13(2,3)4)6-5-9(8)10(17)11(14)15/h8-9,11H,5-7H2,1-4H3. The van der Waals surface area contributed by atoms with E-state index in [1.807, 2.05) is 0 Å². The van der Waals surface area contributed by atoms with E-state index in [1.54, 1.807) is 27.7 Å². The second kappa shape index (κ2) is 5.84. The number of nitrogens with zero attached hydrogens (tertiary/aromatic N) is 1. The second-order valence-corrected chi connectivity index (χ2v) is 6.00. The van der Waals surface area contributed by atoms with E-state index in [9.17, 15) is 18.4 Å². The Morgan fingerprint density at radius 1 is 1.32 bits per heavy atom. The fourth-order valence-corrected chi connectivity index (χ4v) is 2.22. The van der Waals surface area contributed by atoms with E-state index in [2.05, 4.69) is 0 Å². The fourth-order valence-electron chi connectivity index (χ4n) is 2.22. The molecule has 19 heavy (non-hydrogen) atoms. The van der Waals surface area contributed by atoms with Crippen LogP contribution in [0.5, 0.6) is 0 Å². The quantitative estimate of drug-likeness (QED) is 0.779. The molecule has 0 bridgehead atoms. The predicted molar refractivity (Wildman–Crippen MR) is 66.1 cm³/mol. The molecule has 0 aromatic carbocycles. The van der Waals surface area contributed by atoms with Crippen LogP contribution < -0.4 is 0 Å². The smallest absolute Gasteiger partial charge is 0.410 e. The SMILES string of the molecule is CC1CN(C(=O)OC(C)(C)C)CCC1C(=O)C(F)F. The molecule has 0 spiro atoms. The lowest BCUT2D eigenvalue weighted by atomic mass is 9.84. The Bertz CT molecular complexity index is 352. The van der Waals surface area contributed by atoms with E-state index in [0.29, 0.717) is 0 Å². The van der Waals surface area contributed by atoms with Gasteiger partial charge in [-0.25, -0.2) is 13.6 Å². The van der Waals surface area contributed by atoms with Crippen LogP contribution >= 0.6 is 0 Å². The van der Waals surface area contributed by atoms with E-state index >= 15 is 0 Å². The van der Waals surface area contributed by atoms with E-state index < -0.39 is 29.8 Å². The highest BCUT2D eigenvalue weighted by Gasteiger charge is 2.37. The normalized spacial score (nSPS) is 24.5. The number of carbonyl (C=O) groups excluding carboxylic acids is 2. The van der Waals surface area contributed by atoms with Crippen LogP contribution in [0.25, 0.3) is 0 Å². The number of rotatable bonds is 2. The van der Waals surface area contributed by atoms with Crippen LogP contribution in [0.2, 0.25) is 0 Å². The largest absolute Gasteiger partial charge is 0.444 e. The molecule has 0 radical (unpaired) electrons. The van der Waals surface area contributed by atoms with Gasteiger partial charge in [0.1, 0.15) is 5.60 Å². The average Bonchev–Trinajstić information content (AvgIpc) is 2.25. The van der Waals surface area contributed by atoms with Crippen molar-refractivity contribution in [2.75, 3.05) is 13.1 Å². The van der Waals surface area contributed by atoms with Crippen molar-refractivity contribution in [1.82, 2.24) is 4.90 Å². The molecule has 0 saturated carbocycles. The number of amides is 1. The number of halogens is 2. The number of alkyl halides is 2. The molecule has 1 fully saturated rings. The van der Waals surface area contributed by atoms with Gasteiger partial charge in [0.15, 0.2) is 0 Å². The van der Waals surface area contributed by atoms with Crippen LogP contribution in [-0.2, 0) is 9.53 Å². The van der Waals surface area contributed by atoms with Crippen LogP contribution in [0.3, 0.4) is 0 Å². The molecule has 0 aromatic heterocycles. The Hall–Kier alpha value is -1.20. The highest BCUT2D eigenvalue weighted by molar-refractivity contribution is 5.84. The van der Waals surface area contributed by atoms with Gasteiger partial charge >= 0.3 is 6.09 Å². The summed E-state index contributed by atoms with van der Waals surface area (Å²) in [5.74, 6) is -1.96. The summed E-state index contributed by atoms with van der Waals surface area (Å²) in [7, 11) is 0. The number of Topliss-reactive ketones (excluding diaryl/α,β-unsaturated/α-hetero) is 1. The number of hydrogen-bond acceptors (Lipinski definition) is 3. The fraction of sp³-hybridized carbons (Fsp3) is 0.846. The van der Waals surface area contributed by atoms with Gasteiger partial charge in [-0.05, 0) is 33.1 Å². The highest BCUT2D eigenvalue weighted by Crippen LogP contribution is 2.27. The summed E-state index contributed by atoms with van der Waals surface area (Å²) >= 11 is 0. The molecule has 1 rings (SSSR count). The summed E-state index contributed by atoms with van der Waals surface area (Å²) in [6.07, 6.45) is -3.12. The summed E-state index contributed by atoms with van der Waals surface area (Å²) in [5.41, 5.74) is -0.587. The van der Waals surface area contributed by atoms with Crippen molar-refractivity contribution >= 4 is 11.9 Å². The number of hydrogen-bond donors (Lipinski definition) is 0. The third-order valence-corrected chi connectivity index (χ3v) is 3.14. The first-order chi connectivity index (χ1) is 8.61. The Kier molecular flexibility index (Phi) is 4.87. The molecular weight excluding hydrogens is 256 g/mol. The lowest BCUT2D eigenvalue weighted by Gasteiger charge is -2.36. The highest BCUT2D eigenvalue weighted by atomic mass is 19.3. The molecule has 1 heterocycles. The van der Waals surface area contributed by atoms with Crippen LogP contribution in [0.1, 0.15) is 34.1 Å². The Labute approximate surface area is 112 Å². The zero-order valence-electron chi connectivity index (χ0n) is 11.8. The molecule has 1 aliphatic heterocycles. The van der Waals surface area contributed by atoms with Crippen molar-refractivity contribution in [3.63, 3.8) is 0 Å². The monoisotopic (exact) mass is 277 g/mol. The van der Waals surface area contributed by atoms with Crippen molar-refractivity contribution < 1.29 is 23.1 Å². The van der Waals surface area contributed by atoms with Crippen molar-refractivity contribution in [3.8, 4) is 0 Å². The molecule has 4 nitrogen and oxygen atoms in total. The third kappa shape index (κ3) is 4.44. The zero-order chi connectivity index (χ0) is 14.8. The molecule has 0 aromatic rings. The van der Waals surface area contributed by atoms with Gasteiger partial charge < -0.3 is 9.64 Å². The first-order valence-electron chi connectivity index (χ1n) is 6.41. The number of likely N-dealkylation sites (tertiary alicyclic amines) is 1. The summed E-state index contributed by atoms with van der Waals surface area (Å²) in [4.78, 5) is 24.6. The zero-order valence-corrected chi connectivity index (χ0v) is 11.8. The summed E-state index contributed by atoms with van der Waals surface area (Å²) in [5, 5.41) is 0. The van der Waals surface area contributed by atoms with Gasteiger partial charge in [-0.3, -0.25) is 4.79 Å². The van der Waals surface area contributed by atoms with Crippen molar-refractivity contribution in [1.29, 1.82) is 0 Å². The van der Waals surface area contributed by atoms with Crippen LogP contribution in [0, 0.1) is 11.8 Å². The second-order valence-electron chi connectivity index (χ2n) is 6.00. The van der Waals surface area contributed by atoms with E-state index in [-0.39, 0.29) is 25.4 Å². The maximum atomic E-state index is 12.4. The third-order valence-electron chi connectivity index (χ3n) is 3.14. The number of ketones is 1. The van der Waals surface area contributed by atoms with Gasteiger partial charge in [-0.2, -0.15) is 0 Å². The Balaban J connectivity index is 2.59. The summed E-state index contributed by atoms with van der Waals surface area (Å²) < 4.78 is 30.0. The number of ether oxygens (including phenoxy) is 1. The van der Waals surface area contributed by atoms with Crippen molar-refractivity contribution in [2.24, 2.45) is 11.8 Å². The van der Waals surface area contributed by atoms with Crippen molar-refractivity contribution in [2.45, 2.75) is 46.1 Å². The molecule has 1 aliphatic rings. The average molecular weight is 277 g/mol. The summed E-state index contributed by atoms with van der Waals surface area (Å²) in [6, 6.07) is 0. The maximum absolute atomic E-state index is 12.4. The van der Waals surface area contributed by atoms with Crippen LogP contribution in [0.15, 0.2) is 0 Å². The lowest BCUT2D eigenvalue weighted by Crippen LogP contribution is -2.47. The topological polar surface area (TPSA) is 46.6 Å². The van der Waals surface area contributed by atoms with Gasteiger partial charge in [-0.15, -0.1) is 0 Å². The first-order valence-corrected chi connectivity index (χ1v) is 6.41. The van der Waals surface area contributed by atoms with E-state index in [4.69, 9.17) is 4.74 Å². The molecule has 0 aliphatic carbocycles.